The van der Waals surface area contributed by atoms with Crippen LogP contribution in [0, 0.1) is 0 Å². The molecule has 1 aromatic rings. The zero-order chi connectivity index (χ0) is 13.3. The Balaban J connectivity index is 1.81. The number of benzene rings is 1. The van der Waals surface area contributed by atoms with Gasteiger partial charge in [-0.15, -0.1) is 11.8 Å². The molecule has 3 nitrogen and oxygen atoms in total. The van der Waals surface area contributed by atoms with Crippen molar-refractivity contribution in [3.05, 3.63) is 29.8 Å². The molecule has 0 atom stereocenters. The van der Waals surface area contributed by atoms with Crippen LogP contribution < -0.4 is 0 Å². The first kappa shape index (κ1) is 13.4. The Bertz CT molecular complexity index is 444. The van der Waals surface area contributed by atoms with Gasteiger partial charge < -0.3 is 14.6 Å². The van der Waals surface area contributed by atoms with Crippen LogP contribution in [0.25, 0.3) is 0 Å². The first-order chi connectivity index (χ1) is 9.18. The fourth-order valence-corrected chi connectivity index (χ4v) is 3.82. The predicted octanol–water partition coefficient (Wildman–Crippen LogP) is 2.91. The Hall–Kier alpha value is -0.550. The van der Waals surface area contributed by atoms with Crippen LogP contribution in [-0.2, 0) is 15.1 Å². The summed E-state index contributed by atoms with van der Waals surface area (Å²) in [7, 11) is 0. The van der Waals surface area contributed by atoms with E-state index in [2.05, 4.69) is 12.3 Å². The molecule has 2 fully saturated rings. The van der Waals surface area contributed by atoms with Crippen molar-refractivity contribution in [3.63, 3.8) is 0 Å². The van der Waals surface area contributed by atoms with Gasteiger partial charge >= 0.3 is 0 Å². The molecule has 1 saturated heterocycles. The topological polar surface area (TPSA) is 38.7 Å². The average Bonchev–Trinajstić information content (AvgIpc) is 2.91. The van der Waals surface area contributed by atoms with E-state index >= 15 is 0 Å². The quantitative estimate of drug-likeness (QED) is 0.845. The van der Waals surface area contributed by atoms with Crippen LogP contribution in [-0.4, -0.2) is 30.4 Å². The normalized spacial score (nSPS) is 24.7. The van der Waals surface area contributed by atoms with Crippen molar-refractivity contribution in [2.75, 3.05) is 19.5 Å². The predicted molar refractivity (Wildman–Crippen MR) is 75.2 cm³/mol. The Kier molecular flexibility index (Phi) is 3.60. The summed E-state index contributed by atoms with van der Waals surface area (Å²) in [6.07, 6.45) is 4.99. The number of rotatable bonds is 2. The molecule has 1 N–H and O–H groups in total. The molecule has 1 saturated carbocycles. The first-order valence-corrected chi connectivity index (χ1v) is 8.04. The number of hydrogen-bond acceptors (Lipinski definition) is 4. The highest BCUT2D eigenvalue weighted by atomic mass is 32.2. The fraction of sp³-hybridized carbons (Fsp3) is 0.600. The van der Waals surface area contributed by atoms with E-state index in [4.69, 9.17) is 9.47 Å². The Morgan fingerprint density at radius 1 is 1.05 bits per heavy atom. The van der Waals surface area contributed by atoms with Crippen LogP contribution in [0.15, 0.2) is 29.2 Å². The van der Waals surface area contributed by atoms with Crippen LogP contribution in [0.2, 0.25) is 0 Å². The summed E-state index contributed by atoms with van der Waals surface area (Å²) in [6.45, 7) is 1.36. The third-order valence-electron chi connectivity index (χ3n) is 4.26. The average molecular weight is 280 g/mol. The monoisotopic (exact) mass is 280 g/mol. The largest absolute Gasteiger partial charge is 0.385 e. The van der Waals surface area contributed by atoms with Crippen molar-refractivity contribution in [1.82, 2.24) is 0 Å². The van der Waals surface area contributed by atoms with E-state index in [-0.39, 0.29) is 0 Å². The third-order valence-corrected chi connectivity index (χ3v) is 5.06. The van der Waals surface area contributed by atoms with Crippen LogP contribution in [0.5, 0.6) is 0 Å². The highest BCUT2D eigenvalue weighted by molar-refractivity contribution is 7.98. The first-order valence-electron chi connectivity index (χ1n) is 6.81. The Labute approximate surface area is 118 Å². The summed E-state index contributed by atoms with van der Waals surface area (Å²) >= 11 is 1.69. The standard InChI is InChI=1S/C15H20O3S/c1-19-13-5-3-2-4-12(13)14(16)6-8-15(9-7-14)17-10-11-18-15/h2-5,16H,6-11H2,1H3. The van der Waals surface area contributed by atoms with Gasteiger partial charge in [-0.2, -0.15) is 0 Å². The van der Waals surface area contributed by atoms with Gasteiger partial charge in [0, 0.05) is 17.7 Å². The number of ether oxygens (including phenoxy) is 2. The van der Waals surface area contributed by atoms with Crippen LogP contribution in [0.3, 0.4) is 0 Å². The second-order valence-electron chi connectivity index (χ2n) is 5.34. The van der Waals surface area contributed by atoms with E-state index in [1.807, 2.05) is 18.2 Å². The van der Waals surface area contributed by atoms with E-state index in [1.54, 1.807) is 11.8 Å². The summed E-state index contributed by atoms with van der Waals surface area (Å²) in [5.41, 5.74) is 0.315. The van der Waals surface area contributed by atoms with Gasteiger partial charge in [-0.05, 0) is 30.7 Å². The molecular weight excluding hydrogens is 260 g/mol. The Morgan fingerprint density at radius 2 is 1.68 bits per heavy atom. The molecule has 2 aliphatic rings. The highest BCUT2D eigenvalue weighted by Crippen LogP contribution is 2.46. The van der Waals surface area contributed by atoms with Crippen molar-refractivity contribution in [2.24, 2.45) is 0 Å². The molecule has 3 rings (SSSR count). The second-order valence-corrected chi connectivity index (χ2v) is 6.19. The van der Waals surface area contributed by atoms with E-state index in [1.165, 1.54) is 0 Å². The van der Waals surface area contributed by atoms with Gasteiger partial charge in [0.25, 0.3) is 0 Å². The van der Waals surface area contributed by atoms with Crippen LogP contribution in [0.1, 0.15) is 31.2 Å². The molecule has 0 bridgehead atoms. The van der Waals surface area contributed by atoms with E-state index in [9.17, 15) is 5.11 Å². The van der Waals surface area contributed by atoms with Crippen LogP contribution in [0.4, 0.5) is 0 Å². The van der Waals surface area contributed by atoms with Gasteiger partial charge in [-0.3, -0.25) is 0 Å². The molecule has 1 aromatic carbocycles. The summed E-state index contributed by atoms with van der Waals surface area (Å²) in [6, 6.07) is 8.14. The summed E-state index contributed by atoms with van der Waals surface area (Å²) < 4.78 is 11.5. The van der Waals surface area contributed by atoms with E-state index in [0.29, 0.717) is 26.1 Å². The maximum Gasteiger partial charge on any atom is 0.168 e. The highest BCUT2D eigenvalue weighted by Gasteiger charge is 2.46. The molecule has 0 amide bonds. The molecule has 0 unspecified atom stereocenters. The number of aliphatic hydroxyl groups is 1. The lowest BCUT2D eigenvalue weighted by Crippen LogP contribution is -2.42. The molecule has 104 valence electrons. The molecule has 19 heavy (non-hydrogen) atoms. The molecule has 4 heteroatoms. The number of thioether (sulfide) groups is 1. The SMILES string of the molecule is CSc1ccccc1C1(O)CCC2(CC1)OCCO2. The van der Waals surface area contributed by atoms with Crippen molar-refractivity contribution in [3.8, 4) is 0 Å². The van der Waals surface area contributed by atoms with Crippen molar-refractivity contribution >= 4 is 11.8 Å². The van der Waals surface area contributed by atoms with Gasteiger partial charge in [0.05, 0.1) is 18.8 Å². The van der Waals surface area contributed by atoms with E-state index in [0.717, 1.165) is 23.3 Å². The molecule has 0 aromatic heterocycles. The third kappa shape index (κ3) is 2.42. The van der Waals surface area contributed by atoms with E-state index < -0.39 is 11.4 Å². The minimum atomic E-state index is -0.736. The van der Waals surface area contributed by atoms with Gasteiger partial charge in [0.1, 0.15) is 0 Å². The Morgan fingerprint density at radius 3 is 2.32 bits per heavy atom. The molecule has 1 spiro atoms. The molecule has 0 radical (unpaired) electrons. The second kappa shape index (κ2) is 5.09. The number of hydrogen-bond donors (Lipinski definition) is 1. The molecular formula is C15H20O3S. The zero-order valence-corrected chi connectivity index (χ0v) is 12.0. The lowest BCUT2D eigenvalue weighted by molar-refractivity contribution is -0.204. The minimum Gasteiger partial charge on any atom is -0.385 e. The maximum absolute atomic E-state index is 11.0. The van der Waals surface area contributed by atoms with Crippen molar-refractivity contribution < 1.29 is 14.6 Å². The lowest BCUT2D eigenvalue weighted by atomic mass is 9.77. The van der Waals surface area contributed by atoms with Gasteiger partial charge in [0.15, 0.2) is 5.79 Å². The van der Waals surface area contributed by atoms with Gasteiger partial charge in [-0.25, -0.2) is 0 Å². The van der Waals surface area contributed by atoms with Crippen molar-refractivity contribution in [1.29, 1.82) is 0 Å². The lowest BCUT2D eigenvalue weighted by Gasteiger charge is -2.41. The van der Waals surface area contributed by atoms with Gasteiger partial charge in [0.2, 0.25) is 0 Å². The molecule has 1 heterocycles. The minimum absolute atomic E-state index is 0.416. The molecule has 1 aliphatic carbocycles. The van der Waals surface area contributed by atoms with Gasteiger partial charge in [-0.1, -0.05) is 18.2 Å². The zero-order valence-electron chi connectivity index (χ0n) is 11.2. The smallest absolute Gasteiger partial charge is 0.168 e. The maximum atomic E-state index is 11.0. The fourth-order valence-electron chi connectivity index (χ4n) is 3.13. The summed E-state index contributed by atoms with van der Waals surface area (Å²) in [5.74, 6) is -0.416. The summed E-state index contributed by atoms with van der Waals surface area (Å²) in [4.78, 5) is 1.16. The summed E-state index contributed by atoms with van der Waals surface area (Å²) in [5, 5.41) is 11.0. The molecule has 1 aliphatic heterocycles. The van der Waals surface area contributed by atoms with Crippen molar-refractivity contribution in [2.45, 2.75) is 42.0 Å². The van der Waals surface area contributed by atoms with Crippen LogP contribution >= 0.6 is 11.8 Å².